The first kappa shape index (κ1) is 13.1. The third-order valence-corrected chi connectivity index (χ3v) is 3.43. The molecule has 0 bridgehead atoms. The predicted molar refractivity (Wildman–Crippen MR) is 67.2 cm³/mol. The summed E-state index contributed by atoms with van der Waals surface area (Å²) in [6.07, 6.45) is 3.58. The highest BCUT2D eigenvalue weighted by atomic mass is 16.5. The zero-order valence-corrected chi connectivity index (χ0v) is 10.7. The average Bonchev–Trinajstić information content (AvgIpc) is 2.87. The molecule has 5 nitrogen and oxygen atoms in total. The number of methoxy groups -OCH3 is 1. The van der Waals surface area contributed by atoms with E-state index in [0.717, 1.165) is 18.7 Å². The Balaban J connectivity index is 1.99. The SMILES string of the molecule is COC(=O)c1ccc(CN2CCCCC2CN)o1. The normalized spacial score (nSPS) is 20.9. The van der Waals surface area contributed by atoms with Crippen LogP contribution in [0.15, 0.2) is 16.5 Å². The van der Waals surface area contributed by atoms with Crippen LogP contribution in [0.5, 0.6) is 0 Å². The maximum Gasteiger partial charge on any atom is 0.373 e. The molecule has 1 aliphatic heterocycles. The Morgan fingerprint density at radius 1 is 1.56 bits per heavy atom. The van der Waals surface area contributed by atoms with E-state index in [4.69, 9.17) is 10.2 Å². The molecule has 1 aromatic heterocycles. The zero-order chi connectivity index (χ0) is 13.0. The first-order chi connectivity index (χ1) is 8.74. The standard InChI is InChI=1S/C13H20N2O3/c1-17-13(16)12-6-5-11(18-12)9-15-7-3-2-4-10(15)8-14/h5-6,10H,2-4,7-9,14H2,1H3. The van der Waals surface area contributed by atoms with Crippen molar-refractivity contribution < 1.29 is 13.9 Å². The topological polar surface area (TPSA) is 68.7 Å². The van der Waals surface area contributed by atoms with Gasteiger partial charge in [0.1, 0.15) is 5.76 Å². The van der Waals surface area contributed by atoms with Crippen molar-refractivity contribution in [3.05, 3.63) is 23.7 Å². The van der Waals surface area contributed by atoms with Gasteiger partial charge in [-0.25, -0.2) is 4.79 Å². The summed E-state index contributed by atoms with van der Waals surface area (Å²) in [4.78, 5) is 13.6. The maximum atomic E-state index is 11.3. The van der Waals surface area contributed by atoms with Crippen LogP contribution in [0.4, 0.5) is 0 Å². The number of piperidine rings is 1. The fraction of sp³-hybridized carbons (Fsp3) is 0.615. The lowest BCUT2D eigenvalue weighted by molar-refractivity contribution is 0.0558. The van der Waals surface area contributed by atoms with Crippen molar-refractivity contribution in [3.63, 3.8) is 0 Å². The summed E-state index contributed by atoms with van der Waals surface area (Å²) >= 11 is 0. The number of furan rings is 1. The lowest BCUT2D eigenvalue weighted by atomic mass is 10.0. The van der Waals surface area contributed by atoms with Gasteiger partial charge in [-0.15, -0.1) is 0 Å². The second-order valence-electron chi connectivity index (χ2n) is 4.61. The summed E-state index contributed by atoms with van der Waals surface area (Å²) in [5.41, 5.74) is 5.78. The number of carbonyl (C=O) groups excluding carboxylic acids is 1. The molecule has 2 heterocycles. The quantitative estimate of drug-likeness (QED) is 0.820. The van der Waals surface area contributed by atoms with E-state index < -0.39 is 5.97 Å². The van der Waals surface area contributed by atoms with Gasteiger partial charge in [0.2, 0.25) is 5.76 Å². The maximum absolute atomic E-state index is 11.3. The molecule has 1 aromatic rings. The number of carbonyl (C=O) groups is 1. The monoisotopic (exact) mass is 252 g/mol. The van der Waals surface area contributed by atoms with Crippen molar-refractivity contribution in [1.29, 1.82) is 0 Å². The largest absolute Gasteiger partial charge is 0.463 e. The van der Waals surface area contributed by atoms with Gasteiger partial charge in [0.15, 0.2) is 0 Å². The van der Waals surface area contributed by atoms with Gasteiger partial charge in [0, 0.05) is 12.6 Å². The molecule has 2 N–H and O–H groups in total. The molecule has 1 aliphatic rings. The van der Waals surface area contributed by atoms with Crippen LogP contribution >= 0.6 is 0 Å². The van der Waals surface area contributed by atoms with Gasteiger partial charge >= 0.3 is 5.97 Å². The summed E-state index contributed by atoms with van der Waals surface area (Å²) in [5.74, 6) is 0.611. The molecule has 0 amide bonds. The molecule has 0 spiro atoms. The van der Waals surface area contributed by atoms with Crippen molar-refractivity contribution in [2.75, 3.05) is 20.2 Å². The molecule has 1 atom stereocenters. The van der Waals surface area contributed by atoms with E-state index in [1.54, 1.807) is 6.07 Å². The fourth-order valence-electron chi connectivity index (χ4n) is 2.41. The first-order valence-corrected chi connectivity index (χ1v) is 6.35. The lowest BCUT2D eigenvalue weighted by Gasteiger charge is -2.34. The van der Waals surface area contributed by atoms with E-state index in [1.165, 1.54) is 20.0 Å². The van der Waals surface area contributed by atoms with Gasteiger partial charge in [0.05, 0.1) is 13.7 Å². The highest BCUT2D eigenvalue weighted by Crippen LogP contribution is 2.20. The Labute approximate surface area is 107 Å². The Kier molecular flexibility index (Phi) is 4.38. The Bertz CT molecular complexity index is 403. The summed E-state index contributed by atoms with van der Waals surface area (Å²) < 4.78 is 10.1. The number of ether oxygens (including phenoxy) is 1. The summed E-state index contributed by atoms with van der Waals surface area (Å²) in [7, 11) is 1.35. The first-order valence-electron chi connectivity index (χ1n) is 6.35. The minimum absolute atomic E-state index is 0.258. The van der Waals surface area contributed by atoms with Gasteiger partial charge in [-0.1, -0.05) is 6.42 Å². The number of nitrogens with two attached hydrogens (primary N) is 1. The summed E-state index contributed by atoms with van der Waals surface area (Å²) in [6.45, 7) is 2.42. The van der Waals surface area contributed by atoms with E-state index in [1.807, 2.05) is 6.07 Å². The predicted octanol–water partition coefficient (Wildman–Crippen LogP) is 1.38. The molecule has 0 aromatic carbocycles. The van der Waals surface area contributed by atoms with Gasteiger partial charge in [0.25, 0.3) is 0 Å². The molecular formula is C13H20N2O3. The van der Waals surface area contributed by atoms with Crippen LogP contribution in [-0.4, -0.2) is 37.1 Å². The Hall–Kier alpha value is -1.33. The molecule has 0 aliphatic carbocycles. The Morgan fingerprint density at radius 2 is 2.39 bits per heavy atom. The number of likely N-dealkylation sites (tertiary alicyclic amines) is 1. The van der Waals surface area contributed by atoms with Gasteiger partial charge in [-0.3, -0.25) is 4.90 Å². The third kappa shape index (κ3) is 2.91. The van der Waals surface area contributed by atoms with Crippen molar-refractivity contribution in [1.82, 2.24) is 4.90 Å². The van der Waals surface area contributed by atoms with E-state index >= 15 is 0 Å². The van der Waals surface area contributed by atoms with Gasteiger partial charge < -0.3 is 14.9 Å². The minimum Gasteiger partial charge on any atom is -0.463 e. The smallest absolute Gasteiger partial charge is 0.373 e. The highest BCUT2D eigenvalue weighted by Gasteiger charge is 2.22. The van der Waals surface area contributed by atoms with Crippen LogP contribution in [0.2, 0.25) is 0 Å². The van der Waals surface area contributed by atoms with Gasteiger partial charge in [-0.05, 0) is 31.5 Å². The molecule has 0 radical (unpaired) electrons. The van der Waals surface area contributed by atoms with Crippen molar-refractivity contribution in [3.8, 4) is 0 Å². The molecule has 1 fully saturated rings. The zero-order valence-electron chi connectivity index (χ0n) is 10.7. The van der Waals surface area contributed by atoms with Crippen LogP contribution in [0.3, 0.4) is 0 Å². The fourth-order valence-corrected chi connectivity index (χ4v) is 2.41. The number of hydrogen-bond acceptors (Lipinski definition) is 5. The molecule has 100 valence electrons. The summed E-state index contributed by atoms with van der Waals surface area (Å²) in [5, 5.41) is 0. The van der Waals surface area contributed by atoms with Crippen molar-refractivity contribution in [2.24, 2.45) is 5.73 Å². The van der Waals surface area contributed by atoms with Crippen LogP contribution in [0.25, 0.3) is 0 Å². The number of esters is 1. The molecule has 5 heteroatoms. The van der Waals surface area contributed by atoms with Gasteiger partial charge in [-0.2, -0.15) is 0 Å². The number of hydrogen-bond donors (Lipinski definition) is 1. The number of rotatable bonds is 4. The Morgan fingerprint density at radius 3 is 3.11 bits per heavy atom. The molecule has 1 unspecified atom stereocenters. The van der Waals surface area contributed by atoms with Crippen LogP contribution in [0.1, 0.15) is 35.6 Å². The molecule has 1 saturated heterocycles. The highest BCUT2D eigenvalue weighted by molar-refractivity contribution is 5.86. The lowest BCUT2D eigenvalue weighted by Crippen LogP contribution is -2.43. The van der Waals surface area contributed by atoms with E-state index in [-0.39, 0.29) is 5.76 Å². The average molecular weight is 252 g/mol. The van der Waals surface area contributed by atoms with E-state index in [2.05, 4.69) is 9.64 Å². The second-order valence-corrected chi connectivity index (χ2v) is 4.61. The second kappa shape index (κ2) is 6.02. The van der Waals surface area contributed by atoms with Crippen LogP contribution < -0.4 is 5.73 Å². The summed E-state index contributed by atoms with van der Waals surface area (Å²) in [6, 6.07) is 3.90. The van der Waals surface area contributed by atoms with Crippen LogP contribution in [0, 0.1) is 0 Å². The molecule has 0 saturated carbocycles. The molecule has 18 heavy (non-hydrogen) atoms. The molecule has 2 rings (SSSR count). The van der Waals surface area contributed by atoms with Crippen molar-refractivity contribution >= 4 is 5.97 Å². The van der Waals surface area contributed by atoms with Crippen molar-refractivity contribution in [2.45, 2.75) is 31.8 Å². The van der Waals surface area contributed by atoms with Crippen LogP contribution in [-0.2, 0) is 11.3 Å². The van der Waals surface area contributed by atoms with E-state index in [0.29, 0.717) is 19.1 Å². The number of nitrogens with zero attached hydrogens (tertiary/aromatic N) is 1. The molecular weight excluding hydrogens is 232 g/mol. The third-order valence-electron chi connectivity index (χ3n) is 3.43. The van der Waals surface area contributed by atoms with E-state index in [9.17, 15) is 4.79 Å². The minimum atomic E-state index is -0.435.